The van der Waals surface area contributed by atoms with Crippen molar-refractivity contribution < 1.29 is 0 Å². The van der Waals surface area contributed by atoms with Gasteiger partial charge in [-0.05, 0) is 68.4 Å². The molecule has 2 heteroatoms. The molecule has 0 saturated carbocycles. The van der Waals surface area contributed by atoms with Gasteiger partial charge in [0.25, 0.3) is 0 Å². The summed E-state index contributed by atoms with van der Waals surface area (Å²) in [7, 11) is 0. The van der Waals surface area contributed by atoms with Crippen molar-refractivity contribution in [2.45, 2.75) is 0 Å². The van der Waals surface area contributed by atoms with E-state index in [4.69, 9.17) is 0 Å². The zero-order valence-electron chi connectivity index (χ0n) is 21.1. The molecule has 2 aromatic heterocycles. The summed E-state index contributed by atoms with van der Waals surface area (Å²) >= 11 is 0. The first-order valence-corrected chi connectivity index (χ1v) is 13.4. The number of pyridine rings is 1. The van der Waals surface area contributed by atoms with Crippen LogP contribution in [0.3, 0.4) is 0 Å². The average Bonchev–Trinajstić information content (AvgIpc) is 3.52. The Balaban J connectivity index is 1.33. The molecule has 0 bridgehead atoms. The van der Waals surface area contributed by atoms with Gasteiger partial charge in [-0.25, -0.2) is 0 Å². The van der Waals surface area contributed by atoms with Gasteiger partial charge in [0, 0.05) is 39.6 Å². The molecule has 8 aromatic rings. The molecule has 0 atom stereocenters. The third kappa shape index (κ3) is 2.78. The van der Waals surface area contributed by atoms with E-state index in [0.29, 0.717) is 0 Å². The quantitative estimate of drug-likeness (QED) is 0.234. The van der Waals surface area contributed by atoms with Crippen molar-refractivity contribution in [2.24, 2.45) is 0 Å². The first-order valence-electron chi connectivity index (χ1n) is 13.4. The Morgan fingerprint density at radius 1 is 0.487 bits per heavy atom. The zero-order chi connectivity index (χ0) is 25.5. The van der Waals surface area contributed by atoms with Crippen molar-refractivity contribution >= 4 is 43.4 Å². The Kier molecular flexibility index (Phi) is 4.08. The van der Waals surface area contributed by atoms with Gasteiger partial charge >= 0.3 is 0 Å². The summed E-state index contributed by atoms with van der Waals surface area (Å²) in [5.74, 6) is 0. The summed E-state index contributed by atoms with van der Waals surface area (Å²) in [6.07, 6.45) is 3.85. The van der Waals surface area contributed by atoms with Crippen LogP contribution in [0.5, 0.6) is 0 Å². The van der Waals surface area contributed by atoms with Crippen LogP contribution in [0.25, 0.3) is 82.4 Å². The lowest BCUT2D eigenvalue weighted by Gasteiger charge is -2.13. The predicted octanol–water partition coefficient (Wildman–Crippen LogP) is 9.80. The van der Waals surface area contributed by atoms with Crippen LogP contribution < -0.4 is 0 Å². The van der Waals surface area contributed by atoms with Crippen molar-refractivity contribution in [3.8, 4) is 39.1 Å². The second kappa shape index (κ2) is 7.66. The third-order valence-corrected chi connectivity index (χ3v) is 8.41. The molecule has 0 radical (unpaired) electrons. The van der Waals surface area contributed by atoms with Gasteiger partial charge in [-0.2, -0.15) is 0 Å². The van der Waals surface area contributed by atoms with Gasteiger partial charge in [0.1, 0.15) is 0 Å². The SMILES string of the molecule is c1cc(-c2ccc3c4c(cccc24)-c2ccccc2-3)cc(-n2c3ccccc3c3ccc4cnccc4c32)c1. The minimum atomic E-state index is 1.15. The van der Waals surface area contributed by atoms with Crippen LogP contribution in [0, 0.1) is 0 Å². The van der Waals surface area contributed by atoms with Crippen LogP contribution in [0.4, 0.5) is 0 Å². The number of para-hydroxylation sites is 1. The predicted molar refractivity (Wildman–Crippen MR) is 163 cm³/mol. The lowest BCUT2D eigenvalue weighted by molar-refractivity contribution is 1.19. The number of aromatic nitrogens is 2. The van der Waals surface area contributed by atoms with Crippen molar-refractivity contribution in [1.82, 2.24) is 9.55 Å². The molecule has 2 heterocycles. The van der Waals surface area contributed by atoms with Gasteiger partial charge in [-0.3, -0.25) is 4.98 Å². The summed E-state index contributed by atoms with van der Waals surface area (Å²) in [5.41, 5.74) is 11.4. The third-order valence-electron chi connectivity index (χ3n) is 8.41. The van der Waals surface area contributed by atoms with Crippen molar-refractivity contribution in [2.75, 3.05) is 0 Å². The highest BCUT2D eigenvalue weighted by Gasteiger charge is 2.22. The number of nitrogens with zero attached hydrogens (tertiary/aromatic N) is 2. The van der Waals surface area contributed by atoms with E-state index in [1.165, 1.54) is 71.3 Å². The van der Waals surface area contributed by atoms with E-state index in [9.17, 15) is 0 Å². The van der Waals surface area contributed by atoms with Crippen molar-refractivity contribution in [3.05, 3.63) is 134 Å². The molecular weight excluding hydrogens is 472 g/mol. The Morgan fingerprint density at radius 3 is 2.15 bits per heavy atom. The molecular formula is C37H22N2. The standard InChI is InChI=1S/C37H22N2/c1-2-10-29-28(9-1)32-13-6-12-31-26(17-18-33(29)36(31)32)23-7-5-8-25(21-23)39-35-14-4-3-11-30(35)34-16-15-24-22-38-20-19-27(24)37(34)39/h1-22H. The monoisotopic (exact) mass is 494 g/mol. The molecule has 2 nitrogen and oxygen atoms in total. The lowest BCUT2D eigenvalue weighted by Crippen LogP contribution is -1.95. The van der Waals surface area contributed by atoms with E-state index in [0.717, 1.165) is 11.1 Å². The lowest BCUT2D eigenvalue weighted by atomic mass is 9.94. The Hall–Kier alpha value is -5.21. The summed E-state index contributed by atoms with van der Waals surface area (Å²) < 4.78 is 2.42. The van der Waals surface area contributed by atoms with Gasteiger partial charge in [0.05, 0.1) is 11.0 Å². The maximum absolute atomic E-state index is 4.38. The molecule has 0 aliphatic heterocycles. The smallest absolute Gasteiger partial charge is 0.0620 e. The highest BCUT2D eigenvalue weighted by Crippen LogP contribution is 2.49. The highest BCUT2D eigenvalue weighted by atomic mass is 15.0. The number of hydrogen-bond acceptors (Lipinski definition) is 1. The van der Waals surface area contributed by atoms with Crippen LogP contribution in [0.2, 0.25) is 0 Å². The fraction of sp³-hybridized carbons (Fsp3) is 0. The number of rotatable bonds is 2. The molecule has 1 aliphatic rings. The molecule has 0 unspecified atom stereocenters. The normalized spacial score (nSPS) is 12.1. The molecule has 9 rings (SSSR count). The van der Waals surface area contributed by atoms with Gasteiger partial charge in [0.15, 0.2) is 0 Å². The van der Waals surface area contributed by atoms with Crippen molar-refractivity contribution in [1.29, 1.82) is 0 Å². The molecule has 1 aliphatic carbocycles. The fourth-order valence-electron chi connectivity index (χ4n) is 6.77. The van der Waals surface area contributed by atoms with Crippen LogP contribution in [-0.4, -0.2) is 9.55 Å². The van der Waals surface area contributed by atoms with Gasteiger partial charge < -0.3 is 4.57 Å². The first kappa shape index (κ1) is 20.8. The summed E-state index contributed by atoms with van der Waals surface area (Å²) in [4.78, 5) is 4.38. The van der Waals surface area contributed by atoms with Crippen LogP contribution in [-0.2, 0) is 0 Å². The zero-order valence-corrected chi connectivity index (χ0v) is 21.1. The average molecular weight is 495 g/mol. The van der Waals surface area contributed by atoms with Gasteiger partial charge in [-0.1, -0.05) is 97.1 Å². The maximum Gasteiger partial charge on any atom is 0.0620 e. The molecule has 6 aromatic carbocycles. The van der Waals surface area contributed by atoms with E-state index in [1.54, 1.807) is 0 Å². The largest absolute Gasteiger partial charge is 0.309 e. The summed E-state index contributed by atoms with van der Waals surface area (Å²) in [5, 5.41) is 7.55. The van der Waals surface area contributed by atoms with E-state index in [2.05, 4.69) is 131 Å². The van der Waals surface area contributed by atoms with E-state index < -0.39 is 0 Å². The first-order chi connectivity index (χ1) is 19.4. The Morgan fingerprint density at radius 2 is 1.23 bits per heavy atom. The van der Waals surface area contributed by atoms with E-state index in [1.807, 2.05) is 12.4 Å². The Labute approximate surface area is 225 Å². The second-order valence-electron chi connectivity index (χ2n) is 10.4. The fourth-order valence-corrected chi connectivity index (χ4v) is 6.77. The van der Waals surface area contributed by atoms with Crippen LogP contribution in [0.15, 0.2) is 134 Å². The number of benzene rings is 6. The van der Waals surface area contributed by atoms with Gasteiger partial charge in [0.2, 0.25) is 0 Å². The maximum atomic E-state index is 4.38. The van der Waals surface area contributed by atoms with Crippen LogP contribution in [0.1, 0.15) is 0 Å². The van der Waals surface area contributed by atoms with E-state index >= 15 is 0 Å². The molecule has 0 spiro atoms. The number of fused-ring (bicyclic) bond motifs is 8. The molecule has 0 fully saturated rings. The Bertz CT molecular complexity index is 2260. The van der Waals surface area contributed by atoms with Crippen molar-refractivity contribution in [3.63, 3.8) is 0 Å². The second-order valence-corrected chi connectivity index (χ2v) is 10.4. The van der Waals surface area contributed by atoms with Gasteiger partial charge in [-0.15, -0.1) is 0 Å². The van der Waals surface area contributed by atoms with E-state index in [-0.39, 0.29) is 0 Å². The summed E-state index contributed by atoms with van der Waals surface area (Å²) in [6.45, 7) is 0. The molecule has 0 saturated heterocycles. The molecule has 39 heavy (non-hydrogen) atoms. The van der Waals surface area contributed by atoms with Crippen LogP contribution >= 0.6 is 0 Å². The molecule has 0 amide bonds. The molecule has 180 valence electrons. The summed E-state index contributed by atoms with van der Waals surface area (Å²) in [6, 6.07) is 44.4. The number of hydrogen-bond donors (Lipinski definition) is 0. The molecule has 0 N–H and O–H groups in total. The minimum Gasteiger partial charge on any atom is -0.309 e. The topological polar surface area (TPSA) is 17.8 Å². The highest BCUT2D eigenvalue weighted by molar-refractivity contribution is 6.20. The minimum absolute atomic E-state index is 1.15.